The number of halogens is 1. The van der Waals surface area contributed by atoms with Crippen molar-refractivity contribution in [2.75, 3.05) is 0 Å². The Hall–Kier alpha value is -0.600. The highest BCUT2D eigenvalue weighted by atomic mass is 79.9. The van der Waals surface area contributed by atoms with Gasteiger partial charge in [0.2, 0.25) is 0 Å². The molecule has 0 N–H and O–H groups in total. The lowest BCUT2D eigenvalue weighted by atomic mass is 10.1. The maximum absolute atomic E-state index is 3.53. The molecule has 1 aliphatic rings. The standard InChI is InChI=1S/C11H7BrS/c12-10-6-8-5-7-3-1-2-4-9(7)11(8)13-10/h1-4,6H,5H2. The van der Waals surface area contributed by atoms with E-state index in [-0.39, 0.29) is 0 Å². The molecule has 2 heteroatoms. The Kier molecular flexibility index (Phi) is 1.61. The number of hydrogen-bond donors (Lipinski definition) is 0. The molecule has 0 amide bonds. The van der Waals surface area contributed by atoms with Gasteiger partial charge in [0.25, 0.3) is 0 Å². The van der Waals surface area contributed by atoms with E-state index in [0.29, 0.717) is 0 Å². The van der Waals surface area contributed by atoms with Gasteiger partial charge in [0.15, 0.2) is 0 Å². The summed E-state index contributed by atoms with van der Waals surface area (Å²) < 4.78 is 1.24. The van der Waals surface area contributed by atoms with E-state index in [0.717, 1.165) is 6.42 Å². The molecule has 64 valence electrons. The molecule has 0 radical (unpaired) electrons. The number of fused-ring (bicyclic) bond motifs is 3. The molecule has 0 saturated heterocycles. The van der Waals surface area contributed by atoms with Crippen molar-refractivity contribution in [2.45, 2.75) is 6.42 Å². The molecule has 1 aromatic carbocycles. The molecular weight excluding hydrogens is 244 g/mol. The summed E-state index contributed by atoms with van der Waals surface area (Å²) in [5.41, 5.74) is 4.36. The van der Waals surface area contributed by atoms with Crippen molar-refractivity contribution in [1.29, 1.82) is 0 Å². The summed E-state index contributed by atoms with van der Waals surface area (Å²) >= 11 is 5.36. The van der Waals surface area contributed by atoms with Crippen molar-refractivity contribution < 1.29 is 0 Å². The maximum atomic E-state index is 3.53. The third kappa shape index (κ3) is 1.09. The van der Waals surface area contributed by atoms with Gasteiger partial charge in [-0.2, -0.15) is 0 Å². The van der Waals surface area contributed by atoms with E-state index in [2.05, 4.69) is 46.3 Å². The van der Waals surface area contributed by atoms with Gasteiger partial charge in [-0.25, -0.2) is 0 Å². The minimum absolute atomic E-state index is 1.10. The Balaban J connectivity index is 2.30. The zero-order valence-corrected chi connectivity index (χ0v) is 9.28. The quantitative estimate of drug-likeness (QED) is 0.564. The smallest absolute Gasteiger partial charge is 0.0708 e. The van der Waals surface area contributed by atoms with Crippen LogP contribution in [-0.2, 0) is 6.42 Å². The summed E-state index contributed by atoms with van der Waals surface area (Å²) in [6.07, 6.45) is 1.10. The van der Waals surface area contributed by atoms with Crippen LogP contribution in [-0.4, -0.2) is 0 Å². The van der Waals surface area contributed by atoms with Crippen LogP contribution in [0.1, 0.15) is 11.1 Å². The van der Waals surface area contributed by atoms with Crippen molar-refractivity contribution >= 4 is 27.3 Å². The van der Waals surface area contributed by atoms with E-state index in [1.807, 2.05) is 11.3 Å². The largest absolute Gasteiger partial charge is 0.128 e. The summed E-state index contributed by atoms with van der Waals surface area (Å²) in [5, 5.41) is 0. The van der Waals surface area contributed by atoms with E-state index >= 15 is 0 Å². The molecule has 0 aliphatic heterocycles. The normalized spacial score (nSPS) is 12.7. The Labute approximate surface area is 89.4 Å². The third-order valence-corrected chi connectivity index (χ3v) is 4.14. The van der Waals surface area contributed by atoms with Crippen LogP contribution in [0.3, 0.4) is 0 Å². The number of hydrogen-bond acceptors (Lipinski definition) is 1. The summed E-state index contributed by atoms with van der Waals surface area (Å²) in [5.74, 6) is 0. The van der Waals surface area contributed by atoms with Crippen LogP contribution in [0.5, 0.6) is 0 Å². The predicted octanol–water partition coefficient (Wildman–Crippen LogP) is 4.08. The van der Waals surface area contributed by atoms with E-state index in [1.165, 1.54) is 25.4 Å². The fourth-order valence-electron chi connectivity index (χ4n) is 1.86. The Morgan fingerprint density at radius 2 is 2.00 bits per heavy atom. The highest BCUT2D eigenvalue weighted by Gasteiger charge is 2.19. The first-order chi connectivity index (χ1) is 6.34. The molecular formula is C11H7BrS. The summed E-state index contributed by atoms with van der Waals surface area (Å²) in [6.45, 7) is 0. The van der Waals surface area contributed by atoms with Crippen molar-refractivity contribution in [3.05, 3.63) is 45.2 Å². The van der Waals surface area contributed by atoms with Gasteiger partial charge in [-0.3, -0.25) is 0 Å². The van der Waals surface area contributed by atoms with E-state index in [1.54, 1.807) is 0 Å². The Bertz CT molecular complexity index is 471. The molecule has 0 nitrogen and oxygen atoms in total. The van der Waals surface area contributed by atoms with Crippen LogP contribution in [0.15, 0.2) is 34.1 Å². The monoisotopic (exact) mass is 250 g/mol. The fraction of sp³-hybridized carbons (Fsp3) is 0.0909. The molecule has 3 rings (SSSR count). The van der Waals surface area contributed by atoms with Crippen molar-refractivity contribution in [3.8, 4) is 10.4 Å². The maximum Gasteiger partial charge on any atom is 0.0708 e. The van der Waals surface area contributed by atoms with Crippen LogP contribution >= 0.6 is 27.3 Å². The van der Waals surface area contributed by atoms with E-state index in [4.69, 9.17) is 0 Å². The fourth-order valence-corrected chi connectivity index (χ4v) is 3.58. The summed E-state index contributed by atoms with van der Waals surface area (Å²) in [6, 6.07) is 10.9. The lowest BCUT2D eigenvalue weighted by molar-refractivity contribution is 1.27. The highest BCUT2D eigenvalue weighted by Crippen LogP contribution is 2.43. The average Bonchev–Trinajstić information content (AvgIpc) is 2.60. The first-order valence-electron chi connectivity index (χ1n) is 4.21. The topological polar surface area (TPSA) is 0 Å². The van der Waals surface area contributed by atoms with Crippen LogP contribution < -0.4 is 0 Å². The van der Waals surface area contributed by atoms with Crippen LogP contribution in [0.2, 0.25) is 0 Å². The van der Waals surface area contributed by atoms with Crippen LogP contribution in [0.4, 0.5) is 0 Å². The molecule has 0 atom stereocenters. The molecule has 0 bridgehead atoms. The lowest BCUT2D eigenvalue weighted by Gasteiger charge is -1.96. The molecule has 1 heterocycles. The Morgan fingerprint density at radius 1 is 1.15 bits per heavy atom. The molecule has 1 aliphatic carbocycles. The van der Waals surface area contributed by atoms with Gasteiger partial charge in [-0.15, -0.1) is 11.3 Å². The van der Waals surface area contributed by atoms with E-state index < -0.39 is 0 Å². The zero-order valence-electron chi connectivity index (χ0n) is 6.88. The lowest BCUT2D eigenvalue weighted by Crippen LogP contribution is -1.77. The summed E-state index contributed by atoms with van der Waals surface area (Å²) in [4.78, 5) is 1.45. The van der Waals surface area contributed by atoms with Crippen molar-refractivity contribution in [3.63, 3.8) is 0 Å². The predicted molar refractivity (Wildman–Crippen MR) is 60.3 cm³/mol. The second-order valence-electron chi connectivity index (χ2n) is 3.24. The van der Waals surface area contributed by atoms with Crippen LogP contribution in [0.25, 0.3) is 10.4 Å². The van der Waals surface area contributed by atoms with Gasteiger partial charge >= 0.3 is 0 Å². The Morgan fingerprint density at radius 3 is 2.92 bits per heavy atom. The first kappa shape index (κ1) is 7.77. The average molecular weight is 251 g/mol. The van der Waals surface area contributed by atoms with E-state index in [9.17, 15) is 0 Å². The number of thiophene rings is 1. The van der Waals surface area contributed by atoms with Gasteiger partial charge in [-0.05, 0) is 45.1 Å². The molecule has 1 aromatic heterocycles. The minimum Gasteiger partial charge on any atom is -0.128 e. The van der Waals surface area contributed by atoms with Gasteiger partial charge < -0.3 is 0 Å². The SMILES string of the molecule is Brc1cc2c(s1)-c1ccccc1C2. The molecule has 13 heavy (non-hydrogen) atoms. The van der Waals surface area contributed by atoms with Gasteiger partial charge in [0, 0.05) is 4.88 Å². The molecule has 2 aromatic rings. The van der Waals surface area contributed by atoms with Crippen molar-refractivity contribution in [2.24, 2.45) is 0 Å². The molecule has 0 fully saturated rings. The second-order valence-corrected chi connectivity index (χ2v) is 5.67. The second kappa shape index (κ2) is 2.69. The first-order valence-corrected chi connectivity index (χ1v) is 5.82. The van der Waals surface area contributed by atoms with Crippen LogP contribution in [0, 0.1) is 0 Å². The van der Waals surface area contributed by atoms with Gasteiger partial charge in [0.05, 0.1) is 3.79 Å². The third-order valence-electron chi connectivity index (χ3n) is 2.42. The zero-order chi connectivity index (χ0) is 8.84. The highest BCUT2D eigenvalue weighted by molar-refractivity contribution is 9.11. The molecule has 0 spiro atoms. The summed E-state index contributed by atoms with van der Waals surface area (Å²) in [7, 11) is 0. The van der Waals surface area contributed by atoms with Gasteiger partial charge in [0.1, 0.15) is 0 Å². The number of benzene rings is 1. The van der Waals surface area contributed by atoms with Gasteiger partial charge in [-0.1, -0.05) is 24.3 Å². The minimum atomic E-state index is 1.10. The molecule has 0 unspecified atom stereocenters. The van der Waals surface area contributed by atoms with Crippen molar-refractivity contribution in [1.82, 2.24) is 0 Å². The molecule has 0 saturated carbocycles. The number of rotatable bonds is 0.